The van der Waals surface area contributed by atoms with E-state index in [0.29, 0.717) is 17.5 Å². The lowest BCUT2D eigenvalue weighted by atomic mass is 9.88. The standard InChI is InChI=1S/C43H29N3O/c1-4-14-28(15-5-1)31-24-25-34(33-21-11-10-20-32(31)33)35-26-27-37(39-36-22-12-13-23-38(36)47-40(35)39)43-45-41(29-16-6-2-7-17-29)44-42(46-43)30-18-8-3-9-19-30/h1-4,6-14,16-27H,5,15H2. The first-order valence-electron chi connectivity index (χ1n) is 16.0. The minimum atomic E-state index is 0.610. The van der Waals surface area contributed by atoms with Crippen molar-refractivity contribution in [3.05, 3.63) is 157 Å². The van der Waals surface area contributed by atoms with Crippen molar-refractivity contribution in [2.24, 2.45) is 0 Å². The van der Waals surface area contributed by atoms with Crippen molar-refractivity contribution >= 4 is 38.3 Å². The van der Waals surface area contributed by atoms with Crippen LogP contribution in [0, 0.1) is 0 Å². The van der Waals surface area contributed by atoms with Gasteiger partial charge in [0.1, 0.15) is 11.2 Å². The topological polar surface area (TPSA) is 51.8 Å². The molecule has 0 spiro atoms. The van der Waals surface area contributed by atoms with Gasteiger partial charge in [0, 0.05) is 33.0 Å². The molecule has 1 aliphatic rings. The Balaban J connectivity index is 1.30. The van der Waals surface area contributed by atoms with Gasteiger partial charge in [-0.1, -0.05) is 133 Å². The number of hydrogen-bond acceptors (Lipinski definition) is 4. The molecule has 8 aromatic rings. The molecule has 6 aromatic carbocycles. The first-order chi connectivity index (χ1) is 23.3. The highest BCUT2D eigenvalue weighted by Crippen LogP contribution is 2.44. The molecule has 0 amide bonds. The van der Waals surface area contributed by atoms with Crippen molar-refractivity contribution in [3.8, 4) is 45.3 Å². The van der Waals surface area contributed by atoms with Gasteiger partial charge in [0.25, 0.3) is 0 Å². The summed E-state index contributed by atoms with van der Waals surface area (Å²) in [6.07, 6.45) is 8.77. The summed E-state index contributed by atoms with van der Waals surface area (Å²) in [5.74, 6) is 1.87. The smallest absolute Gasteiger partial charge is 0.164 e. The number of aromatic nitrogens is 3. The van der Waals surface area contributed by atoms with Crippen LogP contribution in [0.4, 0.5) is 0 Å². The molecule has 0 aliphatic heterocycles. The Morgan fingerprint density at radius 2 is 1.02 bits per heavy atom. The molecule has 2 heterocycles. The summed E-state index contributed by atoms with van der Waals surface area (Å²) < 4.78 is 6.73. The van der Waals surface area contributed by atoms with Crippen LogP contribution in [0.15, 0.2) is 156 Å². The monoisotopic (exact) mass is 603 g/mol. The van der Waals surface area contributed by atoms with Gasteiger partial charge in [0.15, 0.2) is 17.5 Å². The fourth-order valence-electron chi connectivity index (χ4n) is 6.80. The predicted molar refractivity (Wildman–Crippen MR) is 193 cm³/mol. The highest BCUT2D eigenvalue weighted by atomic mass is 16.3. The molecule has 1 aliphatic carbocycles. The van der Waals surface area contributed by atoms with Gasteiger partial charge in [-0.15, -0.1) is 0 Å². The second-order valence-corrected chi connectivity index (χ2v) is 11.9. The highest BCUT2D eigenvalue weighted by molar-refractivity contribution is 6.17. The van der Waals surface area contributed by atoms with E-state index in [2.05, 4.69) is 78.9 Å². The van der Waals surface area contributed by atoms with Crippen molar-refractivity contribution in [1.29, 1.82) is 0 Å². The maximum atomic E-state index is 6.73. The molecule has 2 aromatic heterocycles. The van der Waals surface area contributed by atoms with Crippen LogP contribution in [-0.4, -0.2) is 15.0 Å². The summed E-state index contributed by atoms with van der Waals surface area (Å²) in [4.78, 5) is 15.1. The number of hydrogen-bond donors (Lipinski definition) is 0. The Morgan fingerprint density at radius 1 is 0.468 bits per heavy atom. The summed E-state index contributed by atoms with van der Waals surface area (Å²) in [5.41, 5.74) is 9.28. The Kier molecular flexibility index (Phi) is 6.57. The fraction of sp³-hybridized carbons (Fsp3) is 0.0465. The van der Waals surface area contributed by atoms with E-state index < -0.39 is 0 Å². The van der Waals surface area contributed by atoms with Gasteiger partial charge in [-0.05, 0) is 58.5 Å². The Morgan fingerprint density at radius 3 is 1.70 bits per heavy atom. The van der Waals surface area contributed by atoms with Crippen LogP contribution in [0.5, 0.6) is 0 Å². The first kappa shape index (κ1) is 27.2. The van der Waals surface area contributed by atoms with Crippen LogP contribution in [0.2, 0.25) is 0 Å². The van der Waals surface area contributed by atoms with Crippen LogP contribution in [-0.2, 0) is 0 Å². The van der Waals surface area contributed by atoms with Gasteiger partial charge >= 0.3 is 0 Å². The molecule has 0 fully saturated rings. The molecule has 0 saturated carbocycles. The molecule has 0 N–H and O–H groups in total. The van der Waals surface area contributed by atoms with Crippen LogP contribution < -0.4 is 0 Å². The SMILES string of the molecule is C1=CCCC(c2ccc(-c3ccc(-c4nc(-c5ccccc5)nc(-c5ccccc5)n4)c4c3oc3ccccc34)c3ccccc23)=C1. The van der Waals surface area contributed by atoms with Gasteiger partial charge in [-0.25, -0.2) is 15.0 Å². The second-order valence-electron chi connectivity index (χ2n) is 11.9. The van der Waals surface area contributed by atoms with Gasteiger partial charge in [-0.3, -0.25) is 0 Å². The Labute approximate surface area is 272 Å². The average molecular weight is 604 g/mol. The first-order valence-corrected chi connectivity index (χ1v) is 16.0. The van der Waals surface area contributed by atoms with E-state index in [1.54, 1.807) is 0 Å². The molecule has 0 radical (unpaired) electrons. The lowest BCUT2D eigenvalue weighted by Crippen LogP contribution is -2.00. The zero-order valence-electron chi connectivity index (χ0n) is 25.6. The van der Waals surface area contributed by atoms with Crippen molar-refractivity contribution in [2.75, 3.05) is 0 Å². The molecule has 222 valence electrons. The normalized spacial score (nSPS) is 13.0. The van der Waals surface area contributed by atoms with Crippen molar-refractivity contribution in [3.63, 3.8) is 0 Å². The molecule has 9 rings (SSSR count). The van der Waals surface area contributed by atoms with Crippen molar-refractivity contribution in [2.45, 2.75) is 12.8 Å². The summed E-state index contributed by atoms with van der Waals surface area (Å²) in [5, 5.41) is 4.48. The van der Waals surface area contributed by atoms with Gasteiger partial charge < -0.3 is 4.42 Å². The number of allylic oxidation sites excluding steroid dienone is 4. The Bertz CT molecular complexity index is 2450. The van der Waals surface area contributed by atoms with E-state index in [1.165, 1.54) is 21.9 Å². The minimum absolute atomic E-state index is 0.610. The maximum absolute atomic E-state index is 6.73. The van der Waals surface area contributed by atoms with Crippen LogP contribution >= 0.6 is 0 Å². The van der Waals surface area contributed by atoms with Gasteiger partial charge in [0.2, 0.25) is 0 Å². The second kappa shape index (κ2) is 11.3. The summed E-state index contributed by atoms with van der Waals surface area (Å²) in [7, 11) is 0. The number of furan rings is 1. The third-order valence-corrected chi connectivity index (χ3v) is 9.04. The highest BCUT2D eigenvalue weighted by Gasteiger charge is 2.22. The quantitative estimate of drug-likeness (QED) is 0.196. The van der Waals surface area contributed by atoms with E-state index >= 15 is 0 Å². The summed E-state index contributed by atoms with van der Waals surface area (Å²) in [6.45, 7) is 0. The third kappa shape index (κ3) is 4.74. The molecule has 0 bridgehead atoms. The molecule has 0 saturated heterocycles. The van der Waals surface area contributed by atoms with Gasteiger partial charge in [0.05, 0.1) is 0 Å². The minimum Gasteiger partial charge on any atom is -0.455 e. The third-order valence-electron chi connectivity index (χ3n) is 9.04. The average Bonchev–Trinajstić information content (AvgIpc) is 3.55. The maximum Gasteiger partial charge on any atom is 0.164 e. The van der Waals surface area contributed by atoms with E-state index in [4.69, 9.17) is 19.4 Å². The van der Waals surface area contributed by atoms with Crippen LogP contribution in [0.3, 0.4) is 0 Å². The van der Waals surface area contributed by atoms with Crippen molar-refractivity contribution < 1.29 is 4.42 Å². The lowest BCUT2D eigenvalue weighted by molar-refractivity contribution is 0.670. The molecular weight excluding hydrogens is 574 g/mol. The Hall–Kier alpha value is -6.13. The molecule has 0 atom stereocenters. The predicted octanol–water partition coefficient (Wildman–Crippen LogP) is 11.3. The largest absolute Gasteiger partial charge is 0.455 e. The zero-order chi connectivity index (χ0) is 31.2. The van der Waals surface area contributed by atoms with E-state index in [9.17, 15) is 0 Å². The van der Waals surface area contributed by atoms with E-state index in [1.807, 2.05) is 72.8 Å². The van der Waals surface area contributed by atoms with E-state index in [0.717, 1.165) is 62.6 Å². The number of fused-ring (bicyclic) bond motifs is 4. The zero-order valence-corrected chi connectivity index (χ0v) is 25.6. The van der Waals surface area contributed by atoms with Gasteiger partial charge in [-0.2, -0.15) is 0 Å². The van der Waals surface area contributed by atoms with E-state index in [-0.39, 0.29) is 0 Å². The number of rotatable bonds is 5. The molecule has 4 nitrogen and oxygen atoms in total. The van der Waals surface area contributed by atoms with Crippen LogP contribution in [0.25, 0.3) is 83.6 Å². The molecular formula is C43H29N3O. The molecule has 4 heteroatoms. The number of benzene rings is 6. The molecule has 47 heavy (non-hydrogen) atoms. The van der Waals surface area contributed by atoms with Crippen molar-refractivity contribution in [1.82, 2.24) is 15.0 Å². The molecule has 0 unspecified atom stereocenters. The summed E-state index contributed by atoms with van der Waals surface area (Å²) in [6, 6.07) is 46.0. The lowest BCUT2D eigenvalue weighted by Gasteiger charge is -2.16. The summed E-state index contributed by atoms with van der Waals surface area (Å²) >= 11 is 0. The number of nitrogens with zero attached hydrogens (tertiary/aromatic N) is 3. The number of para-hydroxylation sites is 1. The fourth-order valence-corrected chi connectivity index (χ4v) is 6.80. The van der Waals surface area contributed by atoms with Crippen LogP contribution in [0.1, 0.15) is 18.4 Å².